The van der Waals surface area contributed by atoms with E-state index in [0.717, 1.165) is 28.4 Å². The molecule has 6 nitrogen and oxygen atoms in total. The fourth-order valence-corrected chi connectivity index (χ4v) is 4.37. The minimum atomic E-state index is -0.106. The predicted molar refractivity (Wildman–Crippen MR) is 131 cm³/mol. The van der Waals surface area contributed by atoms with Gasteiger partial charge in [0.2, 0.25) is 5.91 Å². The lowest BCUT2D eigenvalue weighted by Gasteiger charge is -2.15. The maximum absolute atomic E-state index is 12.4. The second-order valence-electron chi connectivity index (χ2n) is 7.92. The van der Waals surface area contributed by atoms with E-state index in [1.54, 1.807) is 12.1 Å². The molecule has 0 aliphatic heterocycles. The second-order valence-corrected chi connectivity index (χ2v) is 9.30. The van der Waals surface area contributed by atoms with E-state index in [0.29, 0.717) is 29.2 Å². The van der Waals surface area contributed by atoms with Crippen LogP contribution in [0.5, 0.6) is 5.75 Å². The quantitative estimate of drug-likeness (QED) is 0.386. The first-order valence-corrected chi connectivity index (χ1v) is 12.0. The number of thioether (sulfide) groups is 1. The molecule has 8 heteroatoms. The summed E-state index contributed by atoms with van der Waals surface area (Å²) in [5.74, 6) is 2.10. The van der Waals surface area contributed by atoms with Gasteiger partial charge in [-0.05, 0) is 67.6 Å². The predicted octanol–water partition coefficient (Wildman–Crippen LogP) is 6.00. The Kier molecular flexibility index (Phi) is 8.21. The van der Waals surface area contributed by atoms with E-state index in [2.05, 4.69) is 54.5 Å². The Morgan fingerprint density at radius 1 is 1.19 bits per heavy atom. The molecule has 1 heterocycles. The molecule has 1 amide bonds. The first kappa shape index (κ1) is 24.1. The summed E-state index contributed by atoms with van der Waals surface area (Å²) in [5, 5.41) is 12.8. The van der Waals surface area contributed by atoms with Crippen LogP contribution in [0.15, 0.2) is 41.6 Å². The molecule has 1 aromatic heterocycles. The highest BCUT2D eigenvalue weighted by Crippen LogP contribution is 2.28. The van der Waals surface area contributed by atoms with E-state index < -0.39 is 0 Å². The molecule has 0 saturated carbocycles. The molecule has 0 bridgehead atoms. The Morgan fingerprint density at radius 2 is 1.97 bits per heavy atom. The van der Waals surface area contributed by atoms with E-state index in [1.807, 2.05) is 24.5 Å². The summed E-state index contributed by atoms with van der Waals surface area (Å²) in [6.45, 7) is 11.3. The Bertz CT molecular complexity index is 1100. The minimum Gasteiger partial charge on any atom is -0.485 e. The highest BCUT2D eigenvalue weighted by atomic mass is 35.5. The number of halogens is 1. The summed E-state index contributed by atoms with van der Waals surface area (Å²) >= 11 is 7.34. The third-order valence-corrected chi connectivity index (χ3v) is 6.25. The van der Waals surface area contributed by atoms with Gasteiger partial charge in [-0.1, -0.05) is 49.3 Å². The number of ether oxygens (including phenoxy) is 1. The lowest BCUT2D eigenvalue weighted by molar-refractivity contribution is -0.113. The van der Waals surface area contributed by atoms with E-state index in [-0.39, 0.29) is 11.7 Å². The Labute approximate surface area is 198 Å². The summed E-state index contributed by atoms with van der Waals surface area (Å²) in [6.07, 6.45) is 0. The molecule has 170 valence electrons. The number of benzene rings is 2. The van der Waals surface area contributed by atoms with Gasteiger partial charge in [0, 0.05) is 17.3 Å². The molecule has 3 aromatic rings. The first-order chi connectivity index (χ1) is 15.3. The smallest absolute Gasteiger partial charge is 0.234 e. The van der Waals surface area contributed by atoms with Gasteiger partial charge >= 0.3 is 0 Å². The summed E-state index contributed by atoms with van der Waals surface area (Å²) in [4.78, 5) is 12.4. The number of amides is 1. The second kappa shape index (κ2) is 10.9. The number of carbonyl (C=O) groups excluding carboxylic acids is 1. The molecular formula is C24H29ClN4O2S. The number of anilines is 1. The van der Waals surface area contributed by atoms with Crippen LogP contribution in [0.2, 0.25) is 5.02 Å². The number of aromatic nitrogens is 3. The van der Waals surface area contributed by atoms with Gasteiger partial charge in [0.15, 0.2) is 11.0 Å². The fourth-order valence-electron chi connectivity index (χ4n) is 3.32. The maximum atomic E-state index is 12.4. The van der Waals surface area contributed by atoms with Gasteiger partial charge in [-0.3, -0.25) is 4.79 Å². The minimum absolute atomic E-state index is 0.106. The first-order valence-electron chi connectivity index (χ1n) is 10.6. The maximum Gasteiger partial charge on any atom is 0.234 e. The number of aryl methyl sites for hydroxylation is 2. The van der Waals surface area contributed by atoms with Crippen LogP contribution in [-0.2, 0) is 17.9 Å². The summed E-state index contributed by atoms with van der Waals surface area (Å²) in [5.41, 5.74) is 4.00. The third kappa shape index (κ3) is 6.04. The number of carbonyl (C=O) groups is 1. The molecule has 32 heavy (non-hydrogen) atoms. The molecule has 0 saturated heterocycles. The van der Waals surface area contributed by atoms with Crippen molar-refractivity contribution >= 4 is 35.0 Å². The molecular weight excluding hydrogens is 444 g/mol. The number of rotatable bonds is 9. The van der Waals surface area contributed by atoms with Gasteiger partial charge in [0.25, 0.3) is 0 Å². The molecule has 1 N–H and O–H groups in total. The van der Waals surface area contributed by atoms with Crippen molar-refractivity contribution in [1.82, 2.24) is 14.8 Å². The standard InChI is InChI=1S/C24H29ClN4O2S/c1-6-29-22(13-31-21-11-16(4)7-9-19(21)15(2)3)27-28-24(29)32-14-23(30)26-20-10-8-18(25)12-17(20)5/h7-12,15H,6,13-14H2,1-5H3,(H,26,30). The zero-order valence-electron chi connectivity index (χ0n) is 19.1. The van der Waals surface area contributed by atoms with Crippen molar-refractivity contribution in [3.8, 4) is 5.75 Å². The van der Waals surface area contributed by atoms with Crippen molar-refractivity contribution in [2.75, 3.05) is 11.1 Å². The highest BCUT2D eigenvalue weighted by Gasteiger charge is 2.16. The fraction of sp³-hybridized carbons (Fsp3) is 0.375. The van der Waals surface area contributed by atoms with Gasteiger partial charge in [0.1, 0.15) is 12.4 Å². The Balaban J connectivity index is 1.64. The average molecular weight is 473 g/mol. The molecule has 2 aromatic carbocycles. The van der Waals surface area contributed by atoms with Crippen molar-refractivity contribution in [2.45, 2.75) is 58.8 Å². The lowest BCUT2D eigenvalue weighted by atomic mass is 10.0. The zero-order valence-corrected chi connectivity index (χ0v) is 20.7. The Hall–Kier alpha value is -2.51. The number of nitrogens with one attached hydrogen (secondary N) is 1. The van der Waals surface area contributed by atoms with Crippen molar-refractivity contribution in [1.29, 1.82) is 0 Å². The van der Waals surface area contributed by atoms with Crippen LogP contribution in [0.3, 0.4) is 0 Å². The topological polar surface area (TPSA) is 69.0 Å². The number of nitrogens with zero attached hydrogens (tertiary/aromatic N) is 3. The molecule has 0 unspecified atom stereocenters. The number of hydrogen-bond donors (Lipinski definition) is 1. The largest absolute Gasteiger partial charge is 0.485 e. The Morgan fingerprint density at radius 3 is 2.66 bits per heavy atom. The van der Waals surface area contributed by atoms with Crippen LogP contribution in [0.25, 0.3) is 0 Å². The van der Waals surface area contributed by atoms with Crippen LogP contribution in [-0.4, -0.2) is 26.4 Å². The van der Waals surface area contributed by atoms with Crippen LogP contribution in [0.4, 0.5) is 5.69 Å². The summed E-state index contributed by atoms with van der Waals surface area (Å²) in [6, 6.07) is 11.7. The van der Waals surface area contributed by atoms with E-state index in [4.69, 9.17) is 16.3 Å². The van der Waals surface area contributed by atoms with Crippen LogP contribution in [0.1, 0.15) is 49.2 Å². The monoisotopic (exact) mass is 472 g/mol. The van der Waals surface area contributed by atoms with Gasteiger partial charge in [0.05, 0.1) is 5.75 Å². The third-order valence-electron chi connectivity index (χ3n) is 5.05. The van der Waals surface area contributed by atoms with Crippen LogP contribution >= 0.6 is 23.4 Å². The molecule has 0 fully saturated rings. The normalized spacial score (nSPS) is 11.1. The zero-order chi connectivity index (χ0) is 23.3. The molecule has 0 aliphatic rings. The molecule has 0 atom stereocenters. The SMILES string of the molecule is CCn1c(COc2cc(C)ccc2C(C)C)nnc1SCC(=O)Nc1ccc(Cl)cc1C. The highest BCUT2D eigenvalue weighted by molar-refractivity contribution is 7.99. The molecule has 0 aliphatic carbocycles. The average Bonchev–Trinajstić information content (AvgIpc) is 3.14. The van der Waals surface area contributed by atoms with Gasteiger partial charge in [-0.15, -0.1) is 10.2 Å². The molecule has 0 spiro atoms. The van der Waals surface area contributed by atoms with Gasteiger partial charge in [-0.25, -0.2) is 0 Å². The van der Waals surface area contributed by atoms with Gasteiger partial charge < -0.3 is 14.6 Å². The summed E-state index contributed by atoms with van der Waals surface area (Å²) in [7, 11) is 0. The van der Waals surface area contributed by atoms with Crippen molar-refractivity contribution in [3.05, 3.63) is 63.9 Å². The number of hydrogen-bond acceptors (Lipinski definition) is 5. The van der Waals surface area contributed by atoms with Crippen molar-refractivity contribution in [3.63, 3.8) is 0 Å². The van der Waals surface area contributed by atoms with E-state index in [9.17, 15) is 4.79 Å². The van der Waals surface area contributed by atoms with Crippen molar-refractivity contribution < 1.29 is 9.53 Å². The summed E-state index contributed by atoms with van der Waals surface area (Å²) < 4.78 is 8.11. The van der Waals surface area contributed by atoms with Gasteiger partial charge in [-0.2, -0.15) is 0 Å². The van der Waals surface area contributed by atoms with E-state index in [1.165, 1.54) is 17.3 Å². The lowest BCUT2D eigenvalue weighted by Crippen LogP contribution is -2.15. The van der Waals surface area contributed by atoms with Crippen LogP contribution < -0.4 is 10.1 Å². The molecule has 0 radical (unpaired) electrons. The van der Waals surface area contributed by atoms with E-state index >= 15 is 0 Å². The molecule has 3 rings (SSSR count). The van der Waals surface area contributed by atoms with Crippen LogP contribution in [0, 0.1) is 13.8 Å². The van der Waals surface area contributed by atoms with Crippen molar-refractivity contribution in [2.24, 2.45) is 0 Å².